The first-order valence-corrected chi connectivity index (χ1v) is 11.2. The predicted molar refractivity (Wildman–Crippen MR) is 134 cm³/mol. The summed E-state index contributed by atoms with van der Waals surface area (Å²) in [5.41, 5.74) is 3.44. The Labute approximate surface area is 194 Å². The lowest BCUT2D eigenvalue weighted by atomic mass is 10.1. The van der Waals surface area contributed by atoms with Gasteiger partial charge in [0.05, 0.1) is 0 Å². The fourth-order valence-electron chi connectivity index (χ4n) is 3.86. The highest BCUT2D eigenvalue weighted by Crippen LogP contribution is 2.35. The third kappa shape index (κ3) is 5.16. The van der Waals surface area contributed by atoms with E-state index in [0.29, 0.717) is 0 Å². The standard InChI is InChI=1S/C30H25NO2/c1-4-10-24(11-5-1)31(25-16-20-29(21-17-25)32-27-12-6-2-7-13-27)26-18-22-30(23-19-26)33-28-14-8-3-9-15-28/h1-18,20-22H,19,23H2. The van der Waals surface area contributed by atoms with Crippen molar-refractivity contribution in [3.05, 3.63) is 139 Å². The van der Waals surface area contributed by atoms with Crippen LogP contribution >= 0.6 is 0 Å². The fourth-order valence-corrected chi connectivity index (χ4v) is 3.86. The fraction of sp³-hybridized carbons (Fsp3) is 0.0667. The summed E-state index contributed by atoms with van der Waals surface area (Å²) < 4.78 is 12.0. The van der Waals surface area contributed by atoms with Crippen LogP contribution < -0.4 is 14.4 Å². The van der Waals surface area contributed by atoms with Gasteiger partial charge >= 0.3 is 0 Å². The van der Waals surface area contributed by atoms with E-state index in [9.17, 15) is 0 Å². The Kier molecular flexibility index (Phi) is 6.21. The summed E-state index contributed by atoms with van der Waals surface area (Å²) in [4.78, 5) is 2.29. The van der Waals surface area contributed by atoms with Crippen LogP contribution in [0.4, 0.5) is 11.4 Å². The van der Waals surface area contributed by atoms with Gasteiger partial charge < -0.3 is 14.4 Å². The lowest BCUT2D eigenvalue weighted by Crippen LogP contribution is -2.18. The molecule has 0 unspecified atom stereocenters. The first kappa shape index (κ1) is 20.7. The van der Waals surface area contributed by atoms with Gasteiger partial charge in [-0.1, -0.05) is 54.6 Å². The third-order valence-corrected chi connectivity index (χ3v) is 5.46. The zero-order valence-corrected chi connectivity index (χ0v) is 18.3. The normalized spacial score (nSPS) is 13.0. The van der Waals surface area contributed by atoms with E-state index in [-0.39, 0.29) is 0 Å². The highest BCUT2D eigenvalue weighted by molar-refractivity contribution is 5.69. The van der Waals surface area contributed by atoms with Crippen LogP contribution in [0.5, 0.6) is 17.2 Å². The van der Waals surface area contributed by atoms with Crippen molar-refractivity contribution in [2.24, 2.45) is 0 Å². The smallest absolute Gasteiger partial charge is 0.127 e. The quantitative estimate of drug-likeness (QED) is 0.294. The van der Waals surface area contributed by atoms with Crippen molar-refractivity contribution in [3.63, 3.8) is 0 Å². The lowest BCUT2D eigenvalue weighted by Gasteiger charge is -2.29. The SMILES string of the molecule is C1=C(Oc2ccccc2)CCC(N(c2ccccc2)c2ccc(Oc3ccccc3)cc2)=C1. The molecule has 0 aliphatic heterocycles. The minimum Gasteiger partial charge on any atom is -0.462 e. The molecule has 0 N–H and O–H groups in total. The highest BCUT2D eigenvalue weighted by Gasteiger charge is 2.18. The molecule has 0 amide bonds. The van der Waals surface area contributed by atoms with Crippen LogP contribution in [0.15, 0.2) is 139 Å². The van der Waals surface area contributed by atoms with Crippen molar-refractivity contribution in [3.8, 4) is 17.2 Å². The summed E-state index contributed by atoms with van der Waals surface area (Å²) in [7, 11) is 0. The molecule has 1 aliphatic carbocycles. The molecule has 0 saturated heterocycles. The number of allylic oxidation sites excluding steroid dienone is 4. The Hall–Kier alpha value is -4.24. The number of benzene rings is 4. The largest absolute Gasteiger partial charge is 0.462 e. The van der Waals surface area contributed by atoms with E-state index in [1.54, 1.807) is 0 Å². The van der Waals surface area contributed by atoms with Gasteiger partial charge in [-0.2, -0.15) is 0 Å². The Morgan fingerprint density at radius 3 is 1.55 bits per heavy atom. The van der Waals surface area contributed by atoms with E-state index < -0.39 is 0 Å². The summed E-state index contributed by atoms with van der Waals surface area (Å²) in [6.07, 6.45) is 5.97. The maximum atomic E-state index is 6.05. The molecular weight excluding hydrogens is 406 g/mol. The molecule has 33 heavy (non-hydrogen) atoms. The summed E-state index contributed by atoms with van der Waals surface area (Å²) in [6, 6.07) is 38.5. The van der Waals surface area contributed by atoms with E-state index in [0.717, 1.165) is 47.2 Å². The molecule has 5 rings (SSSR count). The van der Waals surface area contributed by atoms with E-state index in [4.69, 9.17) is 9.47 Å². The van der Waals surface area contributed by atoms with Gasteiger partial charge in [-0.25, -0.2) is 0 Å². The van der Waals surface area contributed by atoms with Gasteiger partial charge in [0, 0.05) is 23.5 Å². The monoisotopic (exact) mass is 431 g/mol. The number of hydrogen-bond donors (Lipinski definition) is 0. The molecule has 3 nitrogen and oxygen atoms in total. The predicted octanol–water partition coefficient (Wildman–Crippen LogP) is 8.26. The Bertz CT molecular complexity index is 1230. The first-order chi connectivity index (χ1) is 16.3. The van der Waals surface area contributed by atoms with Gasteiger partial charge in [0.25, 0.3) is 0 Å². The summed E-state index contributed by atoms with van der Waals surface area (Å²) in [5, 5.41) is 0. The van der Waals surface area contributed by atoms with Gasteiger partial charge in [0.2, 0.25) is 0 Å². The van der Waals surface area contributed by atoms with Crippen molar-refractivity contribution in [1.82, 2.24) is 0 Å². The van der Waals surface area contributed by atoms with Crippen molar-refractivity contribution in [1.29, 1.82) is 0 Å². The maximum absolute atomic E-state index is 6.05. The van der Waals surface area contributed by atoms with E-state index in [1.165, 1.54) is 5.70 Å². The van der Waals surface area contributed by atoms with Crippen molar-refractivity contribution in [2.45, 2.75) is 12.8 Å². The first-order valence-electron chi connectivity index (χ1n) is 11.2. The number of hydrogen-bond acceptors (Lipinski definition) is 3. The maximum Gasteiger partial charge on any atom is 0.127 e. The Morgan fingerprint density at radius 2 is 0.970 bits per heavy atom. The van der Waals surface area contributed by atoms with Crippen molar-refractivity contribution >= 4 is 11.4 Å². The number of anilines is 2. The molecule has 4 aromatic carbocycles. The average molecular weight is 432 g/mol. The molecule has 1 aliphatic rings. The molecule has 0 bridgehead atoms. The zero-order valence-electron chi connectivity index (χ0n) is 18.3. The number of para-hydroxylation sites is 3. The summed E-state index contributed by atoms with van der Waals surface area (Å²) >= 11 is 0. The average Bonchev–Trinajstić information content (AvgIpc) is 2.88. The molecule has 0 aromatic heterocycles. The van der Waals surface area contributed by atoms with Crippen molar-refractivity contribution in [2.75, 3.05) is 4.90 Å². The minimum absolute atomic E-state index is 0.814. The Balaban J connectivity index is 1.40. The van der Waals surface area contributed by atoms with Crippen molar-refractivity contribution < 1.29 is 9.47 Å². The Morgan fingerprint density at radius 1 is 0.455 bits per heavy atom. The molecule has 0 spiro atoms. The van der Waals surface area contributed by atoms with E-state index in [2.05, 4.69) is 53.5 Å². The van der Waals surface area contributed by atoms with Gasteiger partial charge in [-0.05, 0) is 79.2 Å². The van der Waals surface area contributed by atoms with Gasteiger partial charge in [-0.15, -0.1) is 0 Å². The zero-order chi connectivity index (χ0) is 22.3. The molecule has 0 heterocycles. The van der Waals surface area contributed by atoms with E-state index >= 15 is 0 Å². The van der Waals surface area contributed by atoms with Crippen LogP contribution in [0.1, 0.15) is 12.8 Å². The van der Waals surface area contributed by atoms with Crippen LogP contribution in [0.3, 0.4) is 0 Å². The topological polar surface area (TPSA) is 21.7 Å². The third-order valence-electron chi connectivity index (χ3n) is 5.46. The van der Waals surface area contributed by atoms with Crippen LogP contribution in [0, 0.1) is 0 Å². The highest BCUT2D eigenvalue weighted by atomic mass is 16.5. The van der Waals surface area contributed by atoms with Gasteiger partial charge in [-0.3, -0.25) is 0 Å². The van der Waals surface area contributed by atoms with E-state index in [1.807, 2.05) is 78.9 Å². The molecule has 162 valence electrons. The molecule has 4 aromatic rings. The number of ether oxygens (including phenoxy) is 2. The van der Waals surface area contributed by atoms with Crippen LogP contribution in [0.25, 0.3) is 0 Å². The van der Waals surface area contributed by atoms with Crippen LogP contribution in [-0.2, 0) is 0 Å². The molecule has 0 atom stereocenters. The number of rotatable bonds is 7. The number of nitrogens with zero attached hydrogens (tertiary/aromatic N) is 1. The second-order valence-corrected chi connectivity index (χ2v) is 7.79. The molecule has 3 heteroatoms. The molecular formula is C30H25NO2. The minimum atomic E-state index is 0.814. The second-order valence-electron chi connectivity index (χ2n) is 7.79. The van der Waals surface area contributed by atoms with Gasteiger partial charge in [0.15, 0.2) is 0 Å². The van der Waals surface area contributed by atoms with Gasteiger partial charge in [0.1, 0.15) is 23.0 Å². The lowest BCUT2D eigenvalue weighted by molar-refractivity contribution is 0.400. The van der Waals surface area contributed by atoms with Crippen LogP contribution in [-0.4, -0.2) is 0 Å². The molecule has 0 saturated carbocycles. The molecule has 0 fully saturated rings. The molecule has 0 radical (unpaired) electrons. The van der Waals surface area contributed by atoms with Crippen LogP contribution in [0.2, 0.25) is 0 Å². The summed E-state index contributed by atoms with van der Waals surface area (Å²) in [5.74, 6) is 3.49. The second kappa shape index (κ2) is 9.92. The summed E-state index contributed by atoms with van der Waals surface area (Å²) in [6.45, 7) is 0.